The summed E-state index contributed by atoms with van der Waals surface area (Å²) in [6, 6.07) is 9.91. The summed E-state index contributed by atoms with van der Waals surface area (Å²) in [6.45, 7) is 10.3. The van der Waals surface area contributed by atoms with Crippen molar-refractivity contribution >= 4 is 34.9 Å². The normalized spacial score (nSPS) is 14.6. The first-order valence-corrected chi connectivity index (χ1v) is 13.6. The summed E-state index contributed by atoms with van der Waals surface area (Å²) in [6.07, 6.45) is 5.13. The van der Waals surface area contributed by atoms with Crippen LogP contribution in [0.25, 0.3) is 27.5 Å². The second-order valence-electron chi connectivity index (χ2n) is 9.33. The lowest BCUT2D eigenvalue weighted by Crippen LogP contribution is -2.48. The van der Waals surface area contributed by atoms with Crippen LogP contribution >= 0.6 is 11.3 Å². The molecule has 0 saturated carbocycles. The van der Waals surface area contributed by atoms with Crippen LogP contribution in [0.2, 0.25) is 0 Å². The Morgan fingerprint density at radius 3 is 2.76 bits per heavy atom. The smallest absolute Gasteiger partial charge is 0.251 e. The molecule has 1 atom stereocenters. The van der Waals surface area contributed by atoms with Gasteiger partial charge in [-0.1, -0.05) is 19.9 Å². The largest absolute Gasteiger partial charge is 0.355 e. The van der Waals surface area contributed by atoms with Gasteiger partial charge in [-0.05, 0) is 49.7 Å². The molecule has 5 heterocycles. The molecule has 0 aromatic carbocycles. The molecule has 1 aliphatic heterocycles. The fourth-order valence-corrected chi connectivity index (χ4v) is 5.38. The summed E-state index contributed by atoms with van der Waals surface area (Å²) >= 11 is 1.64. The van der Waals surface area contributed by atoms with E-state index >= 15 is 0 Å². The highest BCUT2D eigenvalue weighted by molar-refractivity contribution is 7.13. The Kier molecular flexibility index (Phi) is 7.29. The second kappa shape index (κ2) is 10.8. The first kappa shape index (κ1) is 25.0. The van der Waals surface area contributed by atoms with Gasteiger partial charge in [0.25, 0.3) is 5.91 Å². The third-order valence-electron chi connectivity index (χ3n) is 6.96. The Hall–Kier alpha value is -3.63. The summed E-state index contributed by atoms with van der Waals surface area (Å²) in [5, 5.41) is 17.2. The molecule has 1 aliphatic rings. The van der Waals surface area contributed by atoms with E-state index < -0.39 is 0 Å². The van der Waals surface area contributed by atoms with E-state index in [0.29, 0.717) is 23.4 Å². The number of thiophene rings is 1. The van der Waals surface area contributed by atoms with Crippen molar-refractivity contribution in [2.75, 3.05) is 37.6 Å². The van der Waals surface area contributed by atoms with Gasteiger partial charge in [-0.25, -0.2) is 14.5 Å². The van der Waals surface area contributed by atoms with Gasteiger partial charge in [0, 0.05) is 49.6 Å². The molecule has 4 aromatic heterocycles. The minimum atomic E-state index is -0.128. The van der Waals surface area contributed by atoms with E-state index in [1.54, 1.807) is 22.0 Å². The monoisotopic (exact) mass is 516 g/mol. The van der Waals surface area contributed by atoms with Gasteiger partial charge in [0.15, 0.2) is 5.65 Å². The van der Waals surface area contributed by atoms with Gasteiger partial charge in [0.05, 0.1) is 28.0 Å². The van der Waals surface area contributed by atoms with Crippen molar-refractivity contribution in [1.29, 1.82) is 5.41 Å². The fourth-order valence-electron chi connectivity index (χ4n) is 4.68. The zero-order valence-corrected chi connectivity index (χ0v) is 22.2. The Morgan fingerprint density at radius 1 is 1.24 bits per heavy atom. The highest BCUT2D eigenvalue weighted by Crippen LogP contribution is 2.30. The summed E-state index contributed by atoms with van der Waals surface area (Å²) < 4.78 is 1.74. The SMILES string of the molecule is CCN(CC)[C@@H](C)CNC(=O)c1cc(-c2cnn3ccc(-c4cccs4)nc23)nc(N2CC(C=N)C2)c1. The van der Waals surface area contributed by atoms with Gasteiger partial charge < -0.3 is 15.6 Å². The number of amides is 1. The number of likely N-dealkylation sites (N-methyl/N-ethyl adjacent to an activating group) is 1. The topological polar surface area (TPSA) is 103 Å². The van der Waals surface area contributed by atoms with E-state index in [9.17, 15) is 4.79 Å². The molecule has 0 spiro atoms. The Morgan fingerprint density at radius 2 is 2.05 bits per heavy atom. The third-order valence-corrected chi connectivity index (χ3v) is 7.85. The molecule has 1 amide bonds. The molecule has 0 bridgehead atoms. The van der Waals surface area contributed by atoms with Gasteiger partial charge in [-0.3, -0.25) is 9.69 Å². The average molecular weight is 517 g/mol. The minimum absolute atomic E-state index is 0.128. The van der Waals surface area contributed by atoms with Crippen LogP contribution < -0.4 is 10.2 Å². The maximum Gasteiger partial charge on any atom is 0.251 e. The number of aromatic nitrogens is 4. The molecule has 0 unspecified atom stereocenters. The first-order valence-electron chi connectivity index (χ1n) is 12.7. The lowest BCUT2D eigenvalue weighted by Gasteiger charge is -2.38. The number of nitrogens with zero attached hydrogens (tertiary/aromatic N) is 6. The average Bonchev–Trinajstić information content (AvgIpc) is 3.57. The highest BCUT2D eigenvalue weighted by Gasteiger charge is 2.27. The molecule has 1 saturated heterocycles. The molecule has 10 heteroatoms. The number of carbonyl (C=O) groups excluding carboxylic acids is 1. The van der Waals surface area contributed by atoms with Crippen molar-refractivity contribution < 1.29 is 4.79 Å². The molecule has 192 valence electrons. The van der Waals surface area contributed by atoms with Gasteiger partial charge in [-0.2, -0.15) is 5.10 Å². The van der Waals surface area contributed by atoms with Crippen LogP contribution in [-0.4, -0.2) is 75.4 Å². The summed E-state index contributed by atoms with van der Waals surface area (Å²) in [4.78, 5) is 28.6. The fraction of sp³-hybridized carbons (Fsp3) is 0.370. The highest BCUT2D eigenvalue weighted by atomic mass is 32.1. The van der Waals surface area contributed by atoms with Crippen molar-refractivity contribution in [1.82, 2.24) is 29.8 Å². The molecule has 5 rings (SSSR count). The molecule has 0 aliphatic carbocycles. The molecule has 0 radical (unpaired) electrons. The molecular weight excluding hydrogens is 484 g/mol. The van der Waals surface area contributed by atoms with E-state index in [0.717, 1.165) is 48.1 Å². The maximum atomic E-state index is 13.3. The van der Waals surface area contributed by atoms with E-state index in [1.165, 1.54) is 6.21 Å². The summed E-state index contributed by atoms with van der Waals surface area (Å²) in [7, 11) is 0. The number of carbonyl (C=O) groups is 1. The standard InChI is InChI=1S/C27H32N8OS/c1-4-33(5-2)18(3)14-29-27(36)20-11-23(31-25(12-20)34-16-19(13-28)17-34)21-15-30-35-9-8-22(32-26(21)35)24-7-6-10-37-24/h6-13,15,18-19,28H,4-5,14,16-17H2,1-3H3,(H,29,36)/t18-/m0/s1. The van der Waals surface area contributed by atoms with Crippen LogP contribution in [0.15, 0.2) is 48.1 Å². The number of pyridine rings is 1. The summed E-state index contributed by atoms with van der Waals surface area (Å²) in [5.41, 5.74) is 3.55. The van der Waals surface area contributed by atoms with E-state index in [1.807, 2.05) is 41.9 Å². The molecular formula is C27H32N8OS. The summed E-state index contributed by atoms with van der Waals surface area (Å²) in [5.74, 6) is 0.813. The maximum absolute atomic E-state index is 13.3. The quantitative estimate of drug-likeness (QED) is 0.308. The Balaban J connectivity index is 1.49. The van der Waals surface area contributed by atoms with Crippen molar-refractivity contribution in [2.45, 2.75) is 26.8 Å². The van der Waals surface area contributed by atoms with Crippen LogP contribution in [-0.2, 0) is 0 Å². The predicted molar refractivity (Wildman–Crippen MR) is 149 cm³/mol. The number of hydrogen-bond donors (Lipinski definition) is 2. The first-order chi connectivity index (χ1) is 18.0. The molecule has 4 aromatic rings. The molecule has 2 N–H and O–H groups in total. The lowest BCUT2D eigenvalue weighted by molar-refractivity contribution is 0.0938. The van der Waals surface area contributed by atoms with Crippen LogP contribution in [0.4, 0.5) is 5.82 Å². The van der Waals surface area contributed by atoms with Gasteiger partial charge in [0.2, 0.25) is 0 Å². The number of rotatable bonds is 10. The minimum Gasteiger partial charge on any atom is -0.355 e. The van der Waals surface area contributed by atoms with Crippen LogP contribution in [0.5, 0.6) is 0 Å². The lowest BCUT2D eigenvalue weighted by atomic mass is 10.0. The van der Waals surface area contributed by atoms with Crippen molar-refractivity contribution in [2.24, 2.45) is 5.92 Å². The van der Waals surface area contributed by atoms with E-state index in [-0.39, 0.29) is 17.9 Å². The second-order valence-corrected chi connectivity index (χ2v) is 10.3. The Labute approximate surface area is 220 Å². The molecule has 1 fully saturated rings. The van der Waals surface area contributed by atoms with E-state index in [2.05, 4.69) is 41.0 Å². The third kappa shape index (κ3) is 5.12. The van der Waals surface area contributed by atoms with Gasteiger partial charge in [0.1, 0.15) is 5.82 Å². The zero-order valence-electron chi connectivity index (χ0n) is 21.4. The van der Waals surface area contributed by atoms with Crippen LogP contribution in [0, 0.1) is 11.3 Å². The number of anilines is 1. The van der Waals surface area contributed by atoms with Gasteiger partial charge >= 0.3 is 0 Å². The van der Waals surface area contributed by atoms with Gasteiger partial charge in [-0.15, -0.1) is 11.3 Å². The van der Waals surface area contributed by atoms with Crippen molar-refractivity contribution in [3.05, 3.63) is 53.7 Å². The predicted octanol–water partition coefficient (Wildman–Crippen LogP) is 4.07. The van der Waals surface area contributed by atoms with Crippen molar-refractivity contribution in [3.63, 3.8) is 0 Å². The Bertz CT molecular complexity index is 1390. The molecule has 9 nitrogen and oxygen atoms in total. The van der Waals surface area contributed by atoms with Crippen LogP contribution in [0.3, 0.4) is 0 Å². The number of hydrogen-bond acceptors (Lipinski definition) is 8. The van der Waals surface area contributed by atoms with E-state index in [4.69, 9.17) is 15.4 Å². The number of nitrogens with one attached hydrogen (secondary N) is 2. The van der Waals surface area contributed by atoms with Crippen molar-refractivity contribution in [3.8, 4) is 21.8 Å². The zero-order chi connectivity index (χ0) is 25.9. The van der Waals surface area contributed by atoms with Crippen LogP contribution in [0.1, 0.15) is 31.1 Å². The molecule has 37 heavy (non-hydrogen) atoms. The number of fused-ring (bicyclic) bond motifs is 1.